The Kier molecular flexibility index (Phi) is 7.76. The molecule has 3 heterocycles. The zero-order valence-electron chi connectivity index (χ0n) is 30.7. The number of furan rings is 2. The van der Waals surface area contributed by atoms with E-state index in [1.165, 1.54) is 20.7 Å². The summed E-state index contributed by atoms with van der Waals surface area (Å²) in [5.41, 5.74) is 6.10. The average Bonchev–Trinajstić information content (AvgIpc) is 3.87. The van der Waals surface area contributed by atoms with Crippen LogP contribution in [0.2, 0.25) is 0 Å². The number of aromatic nitrogens is 3. The minimum absolute atomic E-state index is 0.589. The lowest BCUT2D eigenvalue weighted by Gasteiger charge is -2.35. The quantitative estimate of drug-likeness (QED) is 0.120. The molecule has 0 amide bonds. The van der Waals surface area contributed by atoms with E-state index in [2.05, 4.69) is 133 Å². The Morgan fingerprint density at radius 3 is 1.46 bits per heavy atom. The highest BCUT2D eigenvalue weighted by Crippen LogP contribution is 2.36. The van der Waals surface area contributed by atoms with E-state index in [1.54, 1.807) is 0 Å². The SMILES string of the molecule is c1ccc(-c2nc(-c3cccc([Si](c4ccccc4)(c4ccccc4)c4cccc5oc6ccccc6c45)c3)nc(-c3cccc4oc5ccccc5c34)n2)cc1. The first-order chi connectivity index (χ1) is 28.3. The Labute approximate surface area is 329 Å². The van der Waals surface area contributed by atoms with E-state index in [-0.39, 0.29) is 0 Å². The van der Waals surface area contributed by atoms with Crippen LogP contribution in [-0.2, 0) is 0 Å². The predicted octanol–water partition coefficient (Wildman–Crippen LogP) is 10.0. The van der Waals surface area contributed by atoms with E-state index in [1.807, 2.05) is 66.7 Å². The molecule has 0 unspecified atom stereocenters. The predicted molar refractivity (Wildman–Crippen MR) is 234 cm³/mol. The van der Waals surface area contributed by atoms with Crippen molar-refractivity contribution in [2.24, 2.45) is 0 Å². The van der Waals surface area contributed by atoms with Crippen LogP contribution in [0.1, 0.15) is 0 Å². The van der Waals surface area contributed by atoms with Crippen LogP contribution in [0.5, 0.6) is 0 Å². The molecule has 0 fully saturated rings. The minimum atomic E-state index is -3.07. The van der Waals surface area contributed by atoms with Crippen molar-refractivity contribution in [1.82, 2.24) is 15.0 Å². The highest BCUT2D eigenvalue weighted by atomic mass is 28.3. The van der Waals surface area contributed by atoms with Gasteiger partial charge in [0, 0.05) is 38.2 Å². The van der Waals surface area contributed by atoms with Crippen LogP contribution >= 0.6 is 0 Å². The molecule has 0 bridgehead atoms. The number of fused-ring (bicyclic) bond motifs is 6. The maximum atomic E-state index is 6.54. The van der Waals surface area contributed by atoms with Crippen molar-refractivity contribution >= 4 is 72.7 Å². The molecule has 57 heavy (non-hydrogen) atoms. The van der Waals surface area contributed by atoms with Crippen molar-refractivity contribution in [3.8, 4) is 34.2 Å². The van der Waals surface area contributed by atoms with Gasteiger partial charge in [-0.1, -0.05) is 176 Å². The topological polar surface area (TPSA) is 65.0 Å². The Morgan fingerprint density at radius 1 is 0.333 bits per heavy atom. The van der Waals surface area contributed by atoms with Gasteiger partial charge in [0.2, 0.25) is 0 Å². The van der Waals surface area contributed by atoms with E-state index >= 15 is 0 Å². The van der Waals surface area contributed by atoms with Crippen molar-refractivity contribution in [3.05, 3.63) is 200 Å². The van der Waals surface area contributed by atoms with Crippen LogP contribution in [0.25, 0.3) is 78.0 Å². The molecule has 0 radical (unpaired) electrons. The summed E-state index contributed by atoms with van der Waals surface area (Å²) in [5.74, 6) is 1.79. The smallest absolute Gasteiger partial charge is 0.180 e. The number of hydrogen-bond donors (Lipinski definition) is 0. The molecule has 11 rings (SSSR count). The summed E-state index contributed by atoms with van der Waals surface area (Å²) in [4.78, 5) is 15.6. The molecular formula is C51H33N3O2Si. The van der Waals surface area contributed by atoms with Crippen molar-refractivity contribution in [3.63, 3.8) is 0 Å². The summed E-state index contributed by atoms with van der Waals surface area (Å²) in [5, 5.41) is 9.28. The van der Waals surface area contributed by atoms with Crippen LogP contribution in [0.4, 0.5) is 0 Å². The molecule has 268 valence electrons. The fourth-order valence-corrected chi connectivity index (χ4v) is 13.6. The molecule has 0 aliphatic carbocycles. The third-order valence-electron chi connectivity index (χ3n) is 11.1. The molecule has 0 aliphatic heterocycles. The maximum absolute atomic E-state index is 6.54. The molecule has 6 heteroatoms. The molecule has 0 saturated carbocycles. The monoisotopic (exact) mass is 747 g/mol. The van der Waals surface area contributed by atoms with E-state index in [0.29, 0.717) is 17.5 Å². The Hall–Kier alpha value is -7.41. The second-order valence-corrected chi connectivity index (χ2v) is 18.1. The third-order valence-corrected chi connectivity index (χ3v) is 15.9. The molecular weight excluding hydrogens is 715 g/mol. The molecule has 3 aromatic heterocycles. The molecule has 0 aliphatic rings. The Bertz CT molecular complexity index is 3210. The lowest BCUT2D eigenvalue weighted by atomic mass is 10.1. The van der Waals surface area contributed by atoms with Gasteiger partial charge in [-0.15, -0.1) is 0 Å². The van der Waals surface area contributed by atoms with Crippen molar-refractivity contribution in [2.75, 3.05) is 0 Å². The van der Waals surface area contributed by atoms with E-state index in [0.717, 1.165) is 60.6 Å². The second kappa shape index (κ2) is 13.4. The van der Waals surface area contributed by atoms with Gasteiger partial charge in [-0.2, -0.15) is 0 Å². The number of rotatable bonds is 7. The first-order valence-corrected chi connectivity index (χ1v) is 21.1. The van der Waals surface area contributed by atoms with E-state index in [9.17, 15) is 0 Å². The molecule has 5 nitrogen and oxygen atoms in total. The van der Waals surface area contributed by atoms with Crippen molar-refractivity contribution < 1.29 is 8.83 Å². The lowest BCUT2D eigenvalue weighted by molar-refractivity contribution is 0.668. The fourth-order valence-electron chi connectivity index (χ4n) is 8.62. The Morgan fingerprint density at radius 2 is 0.789 bits per heavy atom. The maximum Gasteiger partial charge on any atom is 0.180 e. The summed E-state index contributed by atoms with van der Waals surface area (Å²) in [6, 6.07) is 70.1. The van der Waals surface area contributed by atoms with Gasteiger partial charge in [-0.3, -0.25) is 0 Å². The first-order valence-electron chi connectivity index (χ1n) is 19.1. The molecule has 0 atom stereocenters. The van der Waals surface area contributed by atoms with Crippen molar-refractivity contribution in [1.29, 1.82) is 0 Å². The summed E-state index contributed by atoms with van der Waals surface area (Å²) < 4.78 is 12.8. The zero-order valence-corrected chi connectivity index (χ0v) is 31.7. The highest BCUT2D eigenvalue weighted by Gasteiger charge is 2.43. The molecule has 8 aromatic carbocycles. The molecule has 11 aromatic rings. The van der Waals surface area contributed by atoms with Crippen LogP contribution in [0.3, 0.4) is 0 Å². The van der Waals surface area contributed by atoms with Gasteiger partial charge in [-0.25, -0.2) is 15.0 Å². The van der Waals surface area contributed by atoms with Gasteiger partial charge >= 0.3 is 0 Å². The van der Waals surface area contributed by atoms with Gasteiger partial charge in [-0.05, 0) is 45.0 Å². The number of benzene rings is 8. The lowest BCUT2D eigenvalue weighted by Crippen LogP contribution is -2.74. The number of nitrogens with zero attached hydrogens (tertiary/aromatic N) is 3. The highest BCUT2D eigenvalue weighted by molar-refractivity contribution is 7.20. The van der Waals surface area contributed by atoms with Gasteiger partial charge < -0.3 is 8.83 Å². The van der Waals surface area contributed by atoms with Crippen LogP contribution in [0.15, 0.2) is 209 Å². The Balaban J connectivity index is 1.20. The summed E-state index contributed by atoms with van der Waals surface area (Å²) in [6.45, 7) is 0. The van der Waals surface area contributed by atoms with Crippen LogP contribution in [0, 0.1) is 0 Å². The average molecular weight is 748 g/mol. The standard InChI is InChI=1S/C51H33N3O2Si/c1-4-17-34(18-5-1)49-52-50(54-51(53-49)41-27-15-30-44-47(41)39-25-10-12-28-42(39)55-44)35-19-14-24-38(33-35)57(36-20-6-2-7-21-36,37-22-8-3-9-23-37)46-32-16-31-45-48(46)40-26-11-13-29-43(40)56-45/h1-33H. The fraction of sp³-hybridized carbons (Fsp3) is 0. The van der Waals surface area contributed by atoms with Gasteiger partial charge in [0.15, 0.2) is 25.5 Å². The summed E-state index contributed by atoms with van der Waals surface area (Å²) in [7, 11) is -3.07. The van der Waals surface area contributed by atoms with Gasteiger partial charge in [0.1, 0.15) is 22.3 Å². The van der Waals surface area contributed by atoms with E-state index < -0.39 is 8.07 Å². The largest absolute Gasteiger partial charge is 0.456 e. The molecule has 0 N–H and O–H groups in total. The summed E-state index contributed by atoms with van der Waals surface area (Å²) in [6.07, 6.45) is 0. The van der Waals surface area contributed by atoms with Gasteiger partial charge in [0.25, 0.3) is 0 Å². The number of para-hydroxylation sites is 2. The zero-order chi connectivity index (χ0) is 37.8. The molecule has 0 saturated heterocycles. The van der Waals surface area contributed by atoms with Gasteiger partial charge in [0.05, 0.1) is 0 Å². The van der Waals surface area contributed by atoms with E-state index in [4.69, 9.17) is 23.8 Å². The minimum Gasteiger partial charge on any atom is -0.456 e. The first kappa shape index (κ1) is 33.0. The normalized spacial score (nSPS) is 11.9. The van der Waals surface area contributed by atoms with Crippen LogP contribution in [-0.4, -0.2) is 23.0 Å². The number of hydrogen-bond acceptors (Lipinski definition) is 5. The second-order valence-electron chi connectivity index (χ2n) is 14.3. The molecule has 0 spiro atoms. The third kappa shape index (κ3) is 5.34. The van der Waals surface area contributed by atoms with Crippen LogP contribution < -0.4 is 20.7 Å². The van der Waals surface area contributed by atoms with Crippen molar-refractivity contribution in [2.45, 2.75) is 0 Å². The summed E-state index contributed by atoms with van der Waals surface area (Å²) >= 11 is 0.